The molecule has 12 heteroatoms. The van der Waals surface area contributed by atoms with E-state index < -0.39 is 82.4 Å². The summed E-state index contributed by atoms with van der Waals surface area (Å²) in [5, 5.41) is 58.1. The summed E-state index contributed by atoms with van der Waals surface area (Å²) in [7, 11) is 3.20. The lowest BCUT2D eigenvalue weighted by molar-refractivity contribution is -0.322. The Morgan fingerprint density at radius 1 is 0.894 bits per heavy atom. The number of carbonyl (C=O) groups excluding carboxylic acids is 1. The lowest BCUT2D eigenvalue weighted by atomic mass is 9.42. The molecular formula is C35H56O12. The highest BCUT2D eigenvalue weighted by Crippen LogP contribution is 2.70. The van der Waals surface area contributed by atoms with Gasteiger partial charge in [0.1, 0.15) is 29.0 Å². The van der Waals surface area contributed by atoms with Crippen LogP contribution in [0.3, 0.4) is 0 Å². The first-order chi connectivity index (χ1) is 22.0. The fourth-order valence-electron chi connectivity index (χ4n) is 10.6. The van der Waals surface area contributed by atoms with E-state index in [1.807, 2.05) is 13.0 Å². The summed E-state index contributed by atoms with van der Waals surface area (Å²) in [6.07, 6.45) is 0.0854. The van der Waals surface area contributed by atoms with Crippen molar-refractivity contribution < 1.29 is 58.7 Å². The Morgan fingerprint density at radius 3 is 2.19 bits per heavy atom. The molecule has 0 bridgehead atoms. The fourth-order valence-corrected chi connectivity index (χ4v) is 10.6. The van der Waals surface area contributed by atoms with Gasteiger partial charge in [0.2, 0.25) is 0 Å². The van der Waals surface area contributed by atoms with Gasteiger partial charge in [-0.15, -0.1) is 0 Å². The molecule has 0 aromatic rings. The van der Waals surface area contributed by atoms with Gasteiger partial charge in [-0.3, -0.25) is 4.79 Å². The molecule has 4 aliphatic carbocycles. The highest BCUT2D eigenvalue weighted by Gasteiger charge is 2.80. The molecule has 12 nitrogen and oxygen atoms in total. The average molecular weight is 669 g/mol. The number of rotatable bonds is 7. The minimum absolute atomic E-state index is 0.0115. The summed E-state index contributed by atoms with van der Waals surface area (Å²) < 4.78 is 36.4. The fraction of sp³-hybridized carbons (Fsp3) is 0.914. The van der Waals surface area contributed by atoms with E-state index in [0.717, 1.165) is 5.57 Å². The number of Topliss-reactive ketones (excluding diaryl/α,β-unsaturated/α-hetero) is 1. The zero-order valence-corrected chi connectivity index (χ0v) is 28.9. The molecule has 2 heterocycles. The van der Waals surface area contributed by atoms with E-state index >= 15 is 0 Å². The highest BCUT2D eigenvalue weighted by atomic mass is 16.7. The van der Waals surface area contributed by atoms with E-state index in [1.165, 1.54) is 6.92 Å². The van der Waals surface area contributed by atoms with Gasteiger partial charge in [-0.1, -0.05) is 25.5 Å². The topological polar surface area (TPSA) is 174 Å². The molecule has 6 rings (SSSR count). The van der Waals surface area contributed by atoms with Crippen molar-refractivity contribution in [1.29, 1.82) is 0 Å². The predicted molar refractivity (Wildman–Crippen MR) is 167 cm³/mol. The largest absolute Gasteiger partial charge is 0.392 e. The molecule has 0 unspecified atom stereocenters. The van der Waals surface area contributed by atoms with Crippen LogP contribution in [-0.4, -0.2) is 124 Å². The summed E-state index contributed by atoms with van der Waals surface area (Å²) in [6, 6.07) is 0. The van der Waals surface area contributed by atoms with Crippen LogP contribution in [0.1, 0.15) is 92.4 Å². The average Bonchev–Trinajstić information content (AvgIpc) is 3.26. The third-order valence-corrected chi connectivity index (χ3v) is 13.7. The Kier molecular flexibility index (Phi) is 9.39. The van der Waals surface area contributed by atoms with Gasteiger partial charge >= 0.3 is 0 Å². The van der Waals surface area contributed by atoms with Crippen molar-refractivity contribution in [3.8, 4) is 0 Å². The molecule has 0 spiro atoms. The molecule has 268 valence electrons. The maximum atomic E-state index is 12.7. The molecule has 2 aliphatic heterocycles. The van der Waals surface area contributed by atoms with Gasteiger partial charge in [-0.05, 0) is 71.1 Å². The van der Waals surface area contributed by atoms with E-state index in [2.05, 4.69) is 6.92 Å². The predicted octanol–water partition coefficient (Wildman–Crippen LogP) is 1.90. The maximum absolute atomic E-state index is 12.7. The SMILES string of the molecule is CO[C@@H]1C[C@H](O[C@@H]2[C@@H](C)O[C@H](O[C@H]3CC[C@@]4(C)C(=CC[C@]5(O)[C@@H]4C[C@@H](O)[C@@]4(C)[C@]5(O)CC[C@@]4(O)C(C)=O)C3)C[C@H]2OC)O[C@H](C)[C@H]1O. The molecule has 0 aromatic heterocycles. The normalized spacial score (nSPS) is 54.6. The molecule has 2 saturated heterocycles. The minimum Gasteiger partial charge on any atom is -0.392 e. The molecule has 3 saturated carbocycles. The molecule has 0 radical (unpaired) electrons. The molecule has 0 amide bonds. The number of aliphatic hydroxyl groups excluding tert-OH is 2. The standard InChI is InChI=1S/C35H56O12/c1-18-29(38)23(42-6)15-28(44-18)47-30-19(2)45-27(16-24(30)43-7)46-22-9-10-31(4)21(14-22)8-11-34(40)25(31)17-26(37)32(5)33(39,20(3)36)12-13-35(32,34)41/h8,18-19,22-30,37-41H,9-17H2,1-7H3/t18-,19-,22+,23-,24-,25-,26-,27-,28+,29-,30-,31+,32-,33-,34+,35-/m1/s1. The Morgan fingerprint density at radius 2 is 1.53 bits per heavy atom. The summed E-state index contributed by atoms with van der Waals surface area (Å²) in [5.41, 5.74) is -6.36. The van der Waals surface area contributed by atoms with E-state index in [-0.39, 0.29) is 44.0 Å². The highest BCUT2D eigenvalue weighted by molar-refractivity contribution is 5.87. The number of fused-ring (bicyclic) bond motifs is 5. The van der Waals surface area contributed by atoms with Gasteiger partial charge in [-0.2, -0.15) is 0 Å². The van der Waals surface area contributed by atoms with Crippen molar-refractivity contribution in [3.05, 3.63) is 11.6 Å². The number of hydrogen-bond donors (Lipinski definition) is 5. The first-order valence-corrected chi connectivity index (χ1v) is 17.4. The van der Waals surface area contributed by atoms with Crippen molar-refractivity contribution in [2.45, 2.75) is 171 Å². The Bertz CT molecular complexity index is 1230. The van der Waals surface area contributed by atoms with Gasteiger partial charge in [0.25, 0.3) is 0 Å². The molecular weight excluding hydrogens is 612 g/mol. The van der Waals surface area contributed by atoms with Crippen LogP contribution >= 0.6 is 0 Å². The van der Waals surface area contributed by atoms with Crippen LogP contribution in [0.15, 0.2) is 11.6 Å². The van der Waals surface area contributed by atoms with E-state index in [0.29, 0.717) is 32.1 Å². The molecule has 6 aliphatic rings. The zero-order valence-electron chi connectivity index (χ0n) is 28.9. The van der Waals surface area contributed by atoms with Gasteiger partial charge in [0, 0.05) is 33.0 Å². The Labute approximate surface area is 277 Å². The van der Waals surface area contributed by atoms with Crippen LogP contribution in [0.25, 0.3) is 0 Å². The molecule has 0 aromatic carbocycles. The Balaban J connectivity index is 1.13. The first-order valence-electron chi connectivity index (χ1n) is 17.4. The molecule has 5 N–H and O–H groups in total. The molecule has 16 atom stereocenters. The second-order valence-electron chi connectivity index (χ2n) is 15.7. The van der Waals surface area contributed by atoms with Crippen LogP contribution < -0.4 is 0 Å². The van der Waals surface area contributed by atoms with Crippen LogP contribution in [0, 0.1) is 16.7 Å². The van der Waals surface area contributed by atoms with Crippen LogP contribution in [0.5, 0.6) is 0 Å². The second kappa shape index (κ2) is 12.3. The third kappa shape index (κ3) is 5.15. The van der Waals surface area contributed by atoms with Crippen molar-refractivity contribution in [1.82, 2.24) is 0 Å². The number of aliphatic hydroxyl groups is 5. The monoisotopic (exact) mass is 668 g/mol. The quantitative estimate of drug-likeness (QED) is 0.250. The van der Waals surface area contributed by atoms with Crippen LogP contribution in [0.4, 0.5) is 0 Å². The minimum atomic E-state index is -1.92. The van der Waals surface area contributed by atoms with E-state index in [1.54, 1.807) is 28.1 Å². The second-order valence-corrected chi connectivity index (χ2v) is 15.7. The number of ether oxygens (including phenoxy) is 6. The van der Waals surface area contributed by atoms with Gasteiger partial charge in [0.15, 0.2) is 18.4 Å². The Hall–Kier alpha value is -1.03. The first kappa shape index (κ1) is 35.8. The van der Waals surface area contributed by atoms with Crippen LogP contribution in [0.2, 0.25) is 0 Å². The van der Waals surface area contributed by atoms with Gasteiger partial charge < -0.3 is 54.0 Å². The summed E-state index contributed by atoms with van der Waals surface area (Å²) in [5.74, 6) is -0.971. The van der Waals surface area contributed by atoms with E-state index in [9.17, 15) is 30.3 Å². The lowest BCUT2D eigenvalue weighted by Gasteiger charge is -2.66. The smallest absolute Gasteiger partial charge is 0.162 e. The number of hydrogen-bond acceptors (Lipinski definition) is 12. The van der Waals surface area contributed by atoms with Crippen molar-refractivity contribution in [3.63, 3.8) is 0 Å². The number of carbonyl (C=O) groups is 1. The van der Waals surface area contributed by atoms with Gasteiger partial charge in [0.05, 0.1) is 42.0 Å². The molecule has 5 fully saturated rings. The van der Waals surface area contributed by atoms with Crippen molar-refractivity contribution in [2.24, 2.45) is 16.7 Å². The maximum Gasteiger partial charge on any atom is 0.162 e. The lowest BCUT2D eigenvalue weighted by Crippen LogP contribution is -2.78. The van der Waals surface area contributed by atoms with Crippen molar-refractivity contribution >= 4 is 5.78 Å². The molecule has 47 heavy (non-hydrogen) atoms. The van der Waals surface area contributed by atoms with Gasteiger partial charge in [-0.25, -0.2) is 0 Å². The van der Waals surface area contributed by atoms with Crippen molar-refractivity contribution in [2.75, 3.05) is 14.2 Å². The van der Waals surface area contributed by atoms with E-state index in [4.69, 9.17) is 28.4 Å². The third-order valence-electron chi connectivity index (χ3n) is 13.7. The summed E-state index contributed by atoms with van der Waals surface area (Å²) in [4.78, 5) is 12.7. The summed E-state index contributed by atoms with van der Waals surface area (Å²) >= 11 is 0. The summed E-state index contributed by atoms with van der Waals surface area (Å²) in [6.45, 7) is 8.66. The van der Waals surface area contributed by atoms with Crippen LogP contribution in [-0.2, 0) is 33.2 Å². The number of ketones is 1. The zero-order chi connectivity index (χ0) is 34.3. The number of methoxy groups -OCH3 is 2.